The number of carbonyl (C=O) groups is 1. The molecule has 126 valence electrons. The topological polar surface area (TPSA) is 59.9 Å². The van der Waals surface area contributed by atoms with Gasteiger partial charge >= 0.3 is 0 Å². The number of rotatable bonds is 7. The molecule has 0 aliphatic heterocycles. The van der Waals surface area contributed by atoms with E-state index in [-0.39, 0.29) is 12.5 Å². The predicted octanol–water partition coefficient (Wildman–Crippen LogP) is 3.81. The molecule has 0 fully saturated rings. The van der Waals surface area contributed by atoms with Gasteiger partial charge in [0.2, 0.25) is 0 Å². The maximum absolute atomic E-state index is 11.8. The molecule has 0 spiro atoms. The third-order valence-electron chi connectivity index (χ3n) is 3.46. The maximum Gasteiger partial charge on any atom is 0.265 e. The quantitative estimate of drug-likeness (QED) is 0.622. The average molecular weight is 326 g/mol. The summed E-state index contributed by atoms with van der Waals surface area (Å²) in [7, 11) is 1.55. The molecule has 0 bridgehead atoms. The van der Waals surface area contributed by atoms with Gasteiger partial charge in [-0.2, -0.15) is 0 Å². The number of anilines is 1. The van der Waals surface area contributed by atoms with Crippen molar-refractivity contribution >= 4 is 17.8 Å². The largest absolute Gasteiger partial charge is 0.495 e. The number of amides is 1. The standard InChI is InChI=1S/C19H22N2O3/c1-14(2)16-10-8-15(9-11-16)12-20-24-13-19(22)21-17-6-4-5-7-18(17)23-3/h4-12,14H,13H2,1-3H3,(H,21,22)/b20-12+. The number of oxime groups is 1. The molecule has 2 aromatic rings. The maximum atomic E-state index is 11.8. The molecule has 5 heteroatoms. The lowest BCUT2D eigenvalue weighted by atomic mass is 10.0. The van der Waals surface area contributed by atoms with Crippen molar-refractivity contribution in [3.8, 4) is 5.75 Å². The summed E-state index contributed by atoms with van der Waals surface area (Å²) in [6.45, 7) is 4.12. The van der Waals surface area contributed by atoms with Crippen LogP contribution in [-0.2, 0) is 9.63 Å². The van der Waals surface area contributed by atoms with Gasteiger partial charge in [-0.25, -0.2) is 0 Å². The number of para-hydroxylation sites is 2. The molecule has 0 unspecified atom stereocenters. The highest BCUT2D eigenvalue weighted by Crippen LogP contribution is 2.22. The van der Waals surface area contributed by atoms with Gasteiger partial charge in [-0.1, -0.05) is 55.4 Å². The summed E-state index contributed by atoms with van der Waals surface area (Å²) in [6, 6.07) is 15.2. The first-order chi connectivity index (χ1) is 11.6. The summed E-state index contributed by atoms with van der Waals surface area (Å²) >= 11 is 0. The number of ether oxygens (including phenoxy) is 1. The fourth-order valence-electron chi connectivity index (χ4n) is 2.10. The molecule has 2 rings (SSSR count). The van der Waals surface area contributed by atoms with E-state index in [9.17, 15) is 4.79 Å². The summed E-state index contributed by atoms with van der Waals surface area (Å²) in [6.07, 6.45) is 1.58. The van der Waals surface area contributed by atoms with Crippen LogP contribution in [0.4, 0.5) is 5.69 Å². The summed E-state index contributed by atoms with van der Waals surface area (Å²) in [5, 5.41) is 6.54. The van der Waals surface area contributed by atoms with Gasteiger partial charge in [0, 0.05) is 0 Å². The minimum atomic E-state index is -0.299. The highest BCUT2D eigenvalue weighted by atomic mass is 16.6. The zero-order valence-corrected chi connectivity index (χ0v) is 14.2. The van der Waals surface area contributed by atoms with Crippen LogP contribution in [0.15, 0.2) is 53.7 Å². The van der Waals surface area contributed by atoms with Crippen LogP contribution in [0.25, 0.3) is 0 Å². The van der Waals surface area contributed by atoms with Gasteiger partial charge in [-0.3, -0.25) is 4.79 Å². The third kappa shape index (κ3) is 5.12. The van der Waals surface area contributed by atoms with E-state index >= 15 is 0 Å². The second-order valence-corrected chi connectivity index (χ2v) is 5.58. The number of methoxy groups -OCH3 is 1. The van der Waals surface area contributed by atoms with E-state index in [1.54, 1.807) is 25.5 Å². The minimum absolute atomic E-state index is 0.168. The lowest BCUT2D eigenvalue weighted by Gasteiger charge is -2.08. The number of hydrogen-bond donors (Lipinski definition) is 1. The molecule has 1 N–H and O–H groups in total. The number of hydrogen-bond acceptors (Lipinski definition) is 4. The lowest BCUT2D eigenvalue weighted by Crippen LogP contribution is -2.17. The Kier molecular flexibility index (Phi) is 6.37. The van der Waals surface area contributed by atoms with Gasteiger partial charge in [0.05, 0.1) is 19.0 Å². The van der Waals surface area contributed by atoms with Crippen LogP contribution in [0.1, 0.15) is 30.9 Å². The molecule has 0 radical (unpaired) electrons. The van der Waals surface area contributed by atoms with E-state index in [1.807, 2.05) is 24.3 Å². The van der Waals surface area contributed by atoms with Gasteiger partial charge in [0.15, 0.2) is 6.61 Å². The van der Waals surface area contributed by atoms with Gasteiger partial charge in [0.1, 0.15) is 5.75 Å². The molecule has 0 aliphatic carbocycles. The van der Waals surface area contributed by atoms with Crippen LogP contribution >= 0.6 is 0 Å². The average Bonchev–Trinajstić information content (AvgIpc) is 2.59. The predicted molar refractivity (Wildman–Crippen MR) is 95.7 cm³/mol. The number of carbonyl (C=O) groups excluding carboxylic acids is 1. The zero-order chi connectivity index (χ0) is 17.4. The van der Waals surface area contributed by atoms with Gasteiger partial charge in [-0.05, 0) is 29.2 Å². The molecule has 0 saturated heterocycles. The van der Waals surface area contributed by atoms with Crippen LogP contribution in [0.3, 0.4) is 0 Å². The van der Waals surface area contributed by atoms with Gasteiger partial charge in [-0.15, -0.1) is 0 Å². The zero-order valence-electron chi connectivity index (χ0n) is 14.2. The van der Waals surface area contributed by atoms with Crippen LogP contribution in [0.2, 0.25) is 0 Å². The smallest absolute Gasteiger partial charge is 0.265 e. The second kappa shape index (κ2) is 8.72. The number of nitrogens with zero attached hydrogens (tertiary/aromatic N) is 1. The molecular weight excluding hydrogens is 304 g/mol. The molecular formula is C19H22N2O3. The first kappa shape index (κ1) is 17.5. The van der Waals surface area contributed by atoms with Crippen LogP contribution in [0.5, 0.6) is 5.75 Å². The van der Waals surface area contributed by atoms with Crippen LogP contribution in [-0.4, -0.2) is 25.8 Å². The molecule has 0 saturated carbocycles. The van der Waals surface area contributed by atoms with Crippen molar-refractivity contribution in [2.75, 3.05) is 19.0 Å². The minimum Gasteiger partial charge on any atom is -0.495 e. The molecule has 24 heavy (non-hydrogen) atoms. The Morgan fingerprint density at radius 1 is 1.17 bits per heavy atom. The summed E-state index contributed by atoms with van der Waals surface area (Å²) in [4.78, 5) is 16.9. The summed E-state index contributed by atoms with van der Waals surface area (Å²) in [5.74, 6) is 0.789. The Hall–Kier alpha value is -2.82. The molecule has 1 amide bonds. The van der Waals surface area contributed by atoms with Gasteiger partial charge < -0.3 is 14.9 Å². The lowest BCUT2D eigenvalue weighted by molar-refractivity contribution is -0.120. The second-order valence-electron chi connectivity index (χ2n) is 5.58. The van der Waals surface area contributed by atoms with Crippen molar-refractivity contribution in [2.24, 2.45) is 5.16 Å². The fourth-order valence-corrected chi connectivity index (χ4v) is 2.10. The Bertz CT molecular complexity index is 694. The molecule has 5 nitrogen and oxygen atoms in total. The third-order valence-corrected chi connectivity index (χ3v) is 3.46. The highest BCUT2D eigenvalue weighted by molar-refractivity contribution is 5.93. The number of nitrogens with one attached hydrogen (secondary N) is 1. The summed E-state index contributed by atoms with van der Waals surface area (Å²) in [5.41, 5.74) is 2.79. The van der Waals surface area contributed by atoms with Crippen LogP contribution < -0.4 is 10.1 Å². The summed E-state index contributed by atoms with van der Waals surface area (Å²) < 4.78 is 5.17. The van der Waals surface area contributed by atoms with E-state index in [0.29, 0.717) is 17.4 Å². The van der Waals surface area contributed by atoms with Crippen LogP contribution in [0, 0.1) is 0 Å². The van der Waals surface area contributed by atoms with Crippen molar-refractivity contribution in [1.82, 2.24) is 0 Å². The van der Waals surface area contributed by atoms with Crippen molar-refractivity contribution in [1.29, 1.82) is 0 Å². The van der Waals surface area contributed by atoms with Gasteiger partial charge in [0.25, 0.3) is 5.91 Å². The fraction of sp³-hybridized carbons (Fsp3) is 0.263. The number of benzene rings is 2. The monoisotopic (exact) mass is 326 g/mol. The van der Waals surface area contributed by atoms with Crippen molar-refractivity contribution < 1.29 is 14.4 Å². The Labute approximate surface area is 142 Å². The molecule has 0 heterocycles. The van der Waals surface area contributed by atoms with E-state index in [4.69, 9.17) is 9.57 Å². The van der Waals surface area contributed by atoms with Crippen molar-refractivity contribution in [2.45, 2.75) is 19.8 Å². The normalized spacial score (nSPS) is 10.8. The molecule has 0 aromatic heterocycles. The molecule has 0 aliphatic rings. The van der Waals surface area contributed by atoms with Crippen molar-refractivity contribution in [3.05, 3.63) is 59.7 Å². The molecule has 2 aromatic carbocycles. The molecule has 0 atom stereocenters. The Morgan fingerprint density at radius 2 is 1.88 bits per heavy atom. The van der Waals surface area contributed by atoms with E-state index in [0.717, 1.165) is 5.56 Å². The highest BCUT2D eigenvalue weighted by Gasteiger charge is 2.06. The van der Waals surface area contributed by atoms with E-state index in [2.05, 4.69) is 36.5 Å². The van der Waals surface area contributed by atoms with E-state index < -0.39 is 0 Å². The van der Waals surface area contributed by atoms with Crippen molar-refractivity contribution in [3.63, 3.8) is 0 Å². The van der Waals surface area contributed by atoms with E-state index in [1.165, 1.54) is 5.56 Å². The first-order valence-electron chi connectivity index (χ1n) is 7.78. The first-order valence-corrected chi connectivity index (χ1v) is 7.78. The Morgan fingerprint density at radius 3 is 2.54 bits per heavy atom. The Balaban J connectivity index is 1.81. The SMILES string of the molecule is COc1ccccc1NC(=O)CO/N=C/c1ccc(C(C)C)cc1.